The smallest absolute Gasteiger partial charge is 0.295 e. The average molecular weight is 527 g/mol. The van der Waals surface area contributed by atoms with Gasteiger partial charge in [0.05, 0.1) is 11.6 Å². The summed E-state index contributed by atoms with van der Waals surface area (Å²) in [4.78, 5) is 30.1. The van der Waals surface area contributed by atoms with E-state index in [4.69, 9.17) is 4.74 Å². The van der Waals surface area contributed by atoms with Crippen LogP contribution in [-0.4, -0.2) is 53.8 Å². The Balaban J connectivity index is 1.64. The maximum absolute atomic E-state index is 13.3. The molecule has 39 heavy (non-hydrogen) atoms. The molecule has 0 unspecified atom stereocenters. The zero-order valence-corrected chi connectivity index (χ0v) is 23.5. The molecule has 3 aromatic rings. The van der Waals surface area contributed by atoms with Gasteiger partial charge in [0.1, 0.15) is 18.1 Å². The number of carbonyl (C=O) groups is 2. The predicted octanol–water partition coefficient (Wildman–Crippen LogP) is 6.07. The lowest BCUT2D eigenvalue weighted by Crippen LogP contribution is -2.32. The highest BCUT2D eigenvalue weighted by Crippen LogP contribution is 2.40. The highest BCUT2D eigenvalue weighted by atomic mass is 16.5. The van der Waals surface area contributed by atoms with Gasteiger partial charge in [-0.05, 0) is 80.9 Å². The third kappa shape index (κ3) is 6.58. The number of rotatable bonds is 10. The van der Waals surface area contributed by atoms with Gasteiger partial charge in [-0.2, -0.15) is 0 Å². The van der Waals surface area contributed by atoms with E-state index < -0.39 is 17.7 Å². The molecule has 1 N–H and O–H groups in total. The largest absolute Gasteiger partial charge is 0.507 e. The first-order chi connectivity index (χ1) is 18.7. The van der Waals surface area contributed by atoms with Crippen molar-refractivity contribution >= 4 is 17.4 Å². The fourth-order valence-electron chi connectivity index (χ4n) is 4.91. The Kier molecular flexibility index (Phi) is 8.87. The maximum atomic E-state index is 13.3. The molecule has 1 heterocycles. The van der Waals surface area contributed by atoms with Crippen LogP contribution in [0.4, 0.5) is 0 Å². The zero-order valence-electron chi connectivity index (χ0n) is 23.5. The normalized spacial score (nSPS) is 16.9. The van der Waals surface area contributed by atoms with E-state index in [1.807, 2.05) is 68.4 Å². The van der Waals surface area contributed by atoms with Crippen LogP contribution in [0.25, 0.3) is 5.76 Å². The van der Waals surface area contributed by atoms with Crippen LogP contribution in [0, 0.1) is 6.92 Å². The minimum Gasteiger partial charge on any atom is -0.507 e. The van der Waals surface area contributed by atoms with Crippen LogP contribution in [0.3, 0.4) is 0 Å². The molecule has 1 amide bonds. The van der Waals surface area contributed by atoms with E-state index in [-0.39, 0.29) is 11.3 Å². The number of Topliss-reactive ketones (excluding diaryl/α,β-unsaturated/α-hetero) is 1. The number of aliphatic hydroxyl groups excluding tert-OH is 1. The lowest BCUT2D eigenvalue weighted by molar-refractivity contribution is -0.139. The Morgan fingerprint density at radius 3 is 2.31 bits per heavy atom. The molecule has 4 rings (SSSR count). The molecule has 0 spiro atoms. The van der Waals surface area contributed by atoms with Gasteiger partial charge < -0.3 is 19.6 Å². The van der Waals surface area contributed by atoms with Crippen molar-refractivity contribution in [1.29, 1.82) is 0 Å². The molecule has 0 radical (unpaired) electrons. The topological polar surface area (TPSA) is 70.1 Å². The quantitative estimate of drug-likeness (QED) is 0.197. The molecule has 0 bridgehead atoms. The van der Waals surface area contributed by atoms with Crippen LogP contribution in [0.5, 0.6) is 5.75 Å². The molecule has 1 saturated heterocycles. The Morgan fingerprint density at radius 2 is 1.69 bits per heavy atom. The second-order valence-electron chi connectivity index (χ2n) is 10.8. The zero-order chi connectivity index (χ0) is 28.1. The van der Waals surface area contributed by atoms with Crippen LogP contribution in [0.2, 0.25) is 0 Å². The number of carbonyl (C=O) groups excluding carboxylic acids is 2. The summed E-state index contributed by atoms with van der Waals surface area (Å²) >= 11 is 0. The number of hydrogen-bond acceptors (Lipinski definition) is 5. The lowest BCUT2D eigenvalue weighted by Gasteiger charge is -2.26. The van der Waals surface area contributed by atoms with Gasteiger partial charge in [-0.1, -0.05) is 67.9 Å². The van der Waals surface area contributed by atoms with Gasteiger partial charge in [0.2, 0.25) is 0 Å². The molecule has 3 aromatic carbocycles. The van der Waals surface area contributed by atoms with Crippen molar-refractivity contribution in [3.05, 3.63) is 106 Å². The highest BCUT2D eigenvalue weighted by Gasteiger charge is 2.45. The van der Waals surface area contributed by atoms with Gasteiger partial charge in [-0.3, -0.25) is 9.59 Å². The number of benzene rings is 3. The van der Waals surface area contributed by atoms with Crippen LogP contribution in [0.15, 0.2) is 78.4 Å². The lowest BCUT2D eigenvalue weighted by atomic mass is 9.93. The minimum atomic E-state index is -0.657. The summed E-state index contributed by atoms with van der Waals surface area (Å²) in [5, 5.41) is 11.4. The number of hydrogen-bond donors (Lipinski definition) is 1. The Bertz CT molecular complexity index is 1340. The summed E-state index contributed by atoms with van der Waals surface area (Å²) in [7, 11) is 3.95. The van der Waals surface area contributed by atoms with Crippen molar-refractivity contribution in [1.82, 2.24) is 9.80 Å². The molecule has 1 aliphatic heterocycles. The standard InChI is InChI=1S/C33H38N2O4/c1-22(2)25-10-12-26(13-11-25)30-29(32(37)33(38)35(30)19-7-18-34(4)5)31(36)27-14-16-28(17-15-27)39-21-24-9-6-8-23(3)20-24/h6,8-17,20,22,30,36H,7,18-19,21H2,1-5H3/t30-/m0/s1. The van der Waals surface area contributed by atoms with E-state index in [0.29, 0.717) is 36.8 Å². The average Bonchev–Trinajstić information content (AvgIpc) is 3.17. The number of ether oxygens (including phenoxy) is 1. The van der Waals surface area contributed by atoms with Gasteiger partial charge in [0.25, 0.3) is 11.7 Å². The summed E-state index contributed by atoms with van der Waals surface area (Å²) in [6.45, 7) is 7.91. The summed E-state index contributed by atoms with van der Waals surface area (Å²) in [5.41, 5.74) is 4.80. The summed E-state index contributed by atoms with van der Waals surface area (Å²) in [5.74, 6) is -0.400. The molecule has 204 valence electrons. The monoisotopic (exact) mass is 526 g/mol. The van der Waals surface area contributed by atoms with E-state index >= 15 is 0 Å². The molecule has 0 aliphatic carbocycles. The van der Waals surface area contributed by atoms with Gasteiger partial charge in [0, 0.05) is 12.1 Å². The van der Waals surface area contributed by atoms with E-state index in [2.05, 4.69) is 19.9 Å². The first-order valence-electron chi connectivity index (χ1n) is 13.5. The molecule has 1 fully saturated rings. The summed E-state index contributed by atoms with van der Waals surface area (Å²) in [6.07, 6.45) is 0.716. The van der Waals surface area contributed by atoms with Gasteiger partial charge in [-0.15, -0.1) is 0 Å². The van der Waals surface area contributed by atoms with E-state index in [0.717, 1.165) is 17.7 Å². The van der Waals surface area contributed by atoms with E-state index in [1.54, 1.807) is 29.2 Å². The number of amides is 1. The summed E-state index contributed by atoms with van der Waals surface area (Å²) in [6, 6.07) is 22.4. The van der Waals surface area contributed by atoms with Gasteiger partial charge >= 0.3 is 0 Å². The molecule has 0 saturated carbocycles. The second-order valence-corrected chi connectivity index (χ2v) is 10.8. The van der Waals surface area contributed by atoms with Crippen molar-refractivity contribution in [2.45, 2.75) is 45.8 Å². The van der Waals surface area contributed by atoms with Crippen LogP contribution in [0.1, 0.15) is 60.0 Å². The van der Waals surface area contributed by atoms with Crippen molar-refractivity contribution < 1.29 is 19.4 Å². The summed E-state index contributed by atoms with van der Waals surface area (Å²) < 4.78 is 5.92. The molecule has 6 nitrogen and oxygen atoms in total. The SMILES string of the molecule is Cc1cccc(COc2ccc(C(O)=C3C(=O)C(=O)N(CCCN(C)C)[C@H]3c3ccc(C(C)C)cc3)cc2)c1. The Labute approximate surface area is 231 Å². The number of ketones is 1. The van der Waals surface area contributed by atoms with Crippen molar-refractivity contribution in [2.75, 3.05) is 27.2 Å². The Hall–Kier alpha value is -3.90. The molecule has 0 aromatic heterocycles. The number of aryl methyl sites for hydroxylation is 1. The number of likely N-dealkylation sites (tertiary alicyclic amines) is 1. The van der Waals surface area contributed by atoms with Crippen molar-refractivity contribution in [3.63, 3.8) is 0 Å². The fourth-order valence-corrected chi connectivity index (χ4v) is 4.91. The van der Waals surface area contributed by atoms with Gasteiger partial charge in [0.15, 0.2) is 0 Å². The highest BCUT2D eigenvalue weighted by molar-refractivity contribution is 6.46. The molecular formula is C33H38N2O4. The second kappa shape index (κ2) is 12.3. The Morgan fingerprint density at radius 1 is 1.00 bits per heavy atom. The molecule has 1 aliphatic rings. The van der Waals surface area contributed by atoms with Crippen molar-refractivity contribution in [3.8, 4) is 5.75 Å². The van der Waals surface area contributed by atoms with Crippen LogP contribution >= 0.6 is 0 Å². The number of nitrogens with zero attached hydrogens (tertiary/aromatic N) is 2. The first kappa shape index (κ1) is 28.1. The third-order valence-corrected chi connectivity index (χ3v) is 7.08. The molecular weight excluding hydrogens is 488 g/mol. The predicted molar refractivity (Wildman–Crippen MR) is 155 cm³/mol. The molecule has 1 atom stereocenters. The maximum Gasteiger partial charge on any atom is 0.295 e. The van der Waals surface area contributed by atoms with E-state index in [1.165, 1.54) is 11.1 Å². The fraction of sp³-hybridized carbons (Fsp3) is 0.333. The minimum absolute atomic E-state index is 0.121. The molecule has 6 heteroatoms. The number of aliphatic hydroxyl groups is 1. The van der Waals surface area contributed by atoms with Crippen LogP contribution in [-0.2, 0) is 16.2 Å². The van der Waals surface area contributed by atoms with Crippen molar-refractivity contribution in [2.24, 2.45) is 0 Å². The van der Waals surface area contributed by atoms with E-state index in [9.17, 15) is 14.7 Å². The van der Waals surface area contributed by atoms with Crippen LogP contribution < -0.4 is 4.74 Å². The third-order valence-electron chi connectivity index (χ3n) is 7.08. The first-order valence-corrected chi connectivity index (χ1v) is 13.5. The van der Waals surface area contributed by atoms with Gasteiger partial charge in [-0.25, -0.2) is 0 Å².